The van der Waals surface area contributed by atoms with Gasteiger partial charge in [-0.2, -0.15) is 5.10 Å². The van der Waals surface area contributed by atoms with Crippen LogP contribution in [0.4, 0.5) is 0 Å². The zero-order chi connectivity index (χ0) is 16.2. The third kappa shape index (κ3) is 3.68. The van der Waals surface area contributed by atoms with E-state index in [0.717, 1.165) is 27.1 Å². The molecule has 0 bridgehead atoms. The number of carbonyl (C=O) groups is 1. The molecule has 0 spiro atoms. The van der Waals surface area contributed by atoms with Gasteiger partial charge in [-0.15, -0.1) is 5.10 Å². The Morgan fingerprint density at radius 1 is 1.04 bits per heavy atom. The SMILES string of the molecule is Cc1cccc(OC(=O)CSc2nnc(C)c3ccccc23)c1. The van der Waals surface area contributed by atoms with Crippen molar-refractivity contribution in [3.63, 3.8) is 0 Å². The minimum Gasteiger partial charge on any atom is -0.426 e. The maximum Gasteiger partial charge on any atom is 0.321 e. The van der Waals surface area contributed by atoms with Gasteiger partial charge in [0.15, 0.2) is 0 Å². The van der Waals surface area contributed by atoms with Crippen LogP contribution in [0.2, 0.25) is 0 Å². The van der Waals surface area contributed by atoms with Gasteiger partial charge in [0.2, 0.25) is 0 Å². The fraction of sp³-hybridized carbons (Fsp3) is 0.167. The van der Waals surface area contributed by atoms with Crippen molar-refractivity contribution in [1.29, 1.82) is 0 Å². The molecule has 4 nitrogen and oxygen atoms in total. The van der Waals surface area contributed by atoms with Crippen LogP contribution in [0.25, 0.3) is 10.8 Å². The fourth-order valence-corrected chi connectivity index (χ4v) is 3.03. The van der Waals surface area contributed by atoms with Crippen molar-refractivity contribution in [2.75, 3.05) is 5.75 Å². The summed E-state index contributed by atoms with van der Waals surface area (Å²) in [7, 11) is 0. The monoisotopic (exact) mass is 324 g/mol. The molecule has 0 aliphatic heterocycles. The molecule has 0 amide bonds. The van der Waals surface area contributed by atoms with Crippen LogP contribution in [0, 0.1) is 13.8 Å². The molecule has 0 saturated heterocycles. The van der Waals surface area contributed by atoms with Crippen LogP contribution < -0.4 is 4.74 Å². The Morgan fingerprint density at radius 2 is 1.83 bits per heavy atom. The third-order valence-electron chi connectivity index (χ3n) is 3.39. The van der Waals surface area contributed by atoms with Gasteiger partial charge in [-0.05, 0) is 31.5 Å². The quantitative estimate of drug-likeness (QED) is 0.413. The van der Waals surface area contributed by atoms with Gasteiger partial charge in [0.1, 0.15) is 10.8 Å². The number of fused-ring (bicyclic) bond motifs is 1. The van der Waals surface area contributed by atoms with Crippen molar-refractivity contribution in [3.05, 3.63) is 59.8 Å². The molecule has 23 heavy (non-hydrogen) atoms. The van der Waals surface area contributed by atoms with Crippen LogP contribution in [-0.2, 0) is 4.79 Å². The van der Waals surface area contributed by atoms with E-state index in [9.17, 15) is 4.79 Å². The van der Waals surface area contributed by atoms with Crippen LogP contribution >= 0.6 is 11.8 Å². The molecular formula is C18H16N2O2S. The number of ether oxygens (including phenoxy) is 1. The lowest BCUT2D eigenvalue weighted by Crippen LogP contribution is -2.11. The van der Waals surface area contributed by atoms with E-state index < -0.39 is 0 Å². The number of benzene rings is 2. The van der Waals surface area contributed by atoms with Crippen LogP contribution in [0.3, 0.4) is 0 Å². The molecule has 1 heterocycles. The lowest BCUT2D eigenvalue weighted by Gasteiger charge is -2.07. The second-order valence-corrected chi connectivity index (χ2v) is 6.18. The van der Waals surface area contributed by atoms with Crippen LogP contribution in [-0.4, -0.2) is 21.9 Å². The predicted octanol–water partition coefficient (Wildman–Crippen LogP) is 3.94. The number of aromatic nitrogens is 2. The second-order valence-electron chi connectivity index (χ2n) is 5.22. The molecule has 0 N–H and O–H groups in total. The number of thioether (sulfide) groups is 1. The Hall–Kier alpha value is -2.40. The highest BCUT2D eigenvalue weighted by atomic mass is 32.2. The first-order chi connectivity index (χ1) is 11.1. The molecule has 3 aromatic rings. The first-order valence-electron chi connectivity index (χ1n) is 7.25. The Balaban J connectivity index is 1.71. The van der Waals surface area contributed by atoms with E-state index in [1.54, 1.807) is 6.07 Å². The van der Waals surface area contributed by atoms with Crippen LogP contribution in [0.1, 0.15) is 11.3 Å². The maximum absolute atomic E-state index is 12.0. The highest BCUT2D eigenvalue weighted by Gasteiger charge is 2.11. The van der Waals surface area contributed by atoms with E-state index in [4.69, 9.17) is 4.74 Å². The molecule has 3 rings (SSSR count). The average molecular weight is 324 g/mol. The predicted molar refractivity (Wildman–Crippen MR) is 91.8 cm³/mol. The summed E-state index contributed by atoms with van der Waals surface area (Å²) < 4.78 is 5.34. The van der Waals surface area contributed by atoms with Crippen molar-refractivity contribution >= 4 is 28.5 Å². The summed E-state index contributed by atoms with van der Waals surface area (Å²) in [5, 5.41) is 11.2. The van der Waals surface area contributed by atoms with E-state index in [2.05, 4.69) is 10.2 Å². The summed E-state index contributed by atoms with van der Waals surface area (Å²) >= 11 is 1.34. The Labute approximate surface area is 138 Å². The van der Waals surface area contributed by atoms with Crippen molar-refractivity contribution in [2.45, 2.75) is 18.9 Å². The summed E-state index contributed by atoms with van der Waals surface area (Å²) in [6.45, 7) is 3.88. The van der Waals surface area contributed by atoms with E-state index in [1.807, 2.05) is 56.3 Å². The van der Waals surface area contributed by atoms with Crippen molar-refractivity contribution in [3.8, 4) is 5.75 Å². The van der Waals surface area contributed by atoms with Gasteiger partial charge in [-0.25, -0.2) is 0 Å². The minimum atomic E-state index is -0.299. The smallest absolute Gasteiger partial charge is 0.321 e. The number of rotatable bonds is 4. The number of hydrogen-bond donors (Lipinski definition) is 0. The van der Waals surface area contributed by atoms with Gasteiger partial charge in [0, 0.05) is 10.8 Å². The summed E-state index contributed by atoms with van der Waals surface area (Å²) in [5.41, 5.74) is 1.94. The average Bonchev–Trinajstić information content (AvgIpc) is 2.54. The largest absolute Gasteiger partial charge is 0.426 e. The molecule has 0 atom stereocenters. The number of nitrogens with zero attached hydrogens (tertiary/aromatic N) is 2. The molecule has 0 aliphatic carbocycles. The van der Waals surface area contributed by atoms with E-state index in [1.165, 1.54) is 11.8 Å². The van der Waals surface area contributed by atoms with Crippen LogP contribution in [0.5, 0.6) is 5.75 Å². The zero-order valence-corrected chi connectivity index (χ0v) is 13.8. The Bertz CT molecular complexity index is 865. The first kappa shape index (κ1) is 15.5. The molecule has 0 saturated carbocycles. The summed E-state index contributed by atoms with van der Waals surface area (Å²) in [6, 6.07) is 15.4. The molecule has 0 aliphatic rings. The lowest BCUT2D eigenvalue weighted by molar-refractivity contribution is -0.131. The highest BCUT2D eigenvalue weighted by molar-refractivity contribution is 8.00. The summed E-state index contributed by atoms with van der Waals surface area (Å²) in [5.74, 6) is 0.456. The van der Waals surface area contributed by atoms with E-state index >= 15 is 0 Å². The highest BCUT2D eigenvalue weighted by Crippen LogP contribution is 2.26. The number of hydrogen-bond acceptors (Lipinski definition) is 5. The molecule has 0 radical (unpaired) electrons. The number of carbonyl (C=O) groups excluding carboxylic acids is 1. The maximum atomic E-state index is 12.0. The lowest BCUT2D eigenvalue weighted by atomic mass is 10.1. The molecule has 5 heteroatoms. The Morgan fingerprint density at radius 3 is 2.61 bits per heavy atom. The van der Waals surface area contributed by atoms with Crippen molar-refractivity contribution in [1.82, 2.24) is 10.2 Å². The minimum absolute atomic E-state index is 0.190. The standard InChI is InChI=1S/C18H16N2O2S/c1-12-6-5-7-14(10-12)22-17(21)11-23-18-16-9-4-3-8-15(16)13(2)19-20-18/h3-10H,11H2,1-2H3. The topological polar surface area (TPSA) is 52.1 Å². The summed E-state index contributed by atoms with van der Waals surface area (Å²) in [6.07, 6.45) is 0. The molecular weight excluding hydrogens is 308 g/mol. The molecule has 2 aromatic carbocycles. The molecule has 1 aromatic heterocycles. The van der Waals surface area contributed by atoms with Gasteiger partial charge >= 0.3 is 5.97 Å². The summed E-state index contributed by atoms with van der Waals surface area (Å²) in [4.78, 5) is 12.0. The van der Waals surface area contributed by atoms with Gasteiger partial charge in [0.25, 0.3) is 0 Å². The zero-order valence-electron chi connectivity index (χ0n) is 12.9. The normalized spacial score (nSPS) is 10.7. The first-order valence-corrected chi connectivity index (χ1v) is 8.24. The van der Waals surface area contributed by atoms with Crippen molar-refractivity contribution < 1.29 is 9.53 Å². The van der Waals surface area contributed by atoms with E-state index in [-0.39, 0.29) is 11.7 Å². The number of aryl methyl sites for hydroxylation is 2. The van der Waals surface area contributed by atoms with Gasteiger partial charge in [-0.3, -0.25) is 4.79 Å². The molecule has 0 fully saturated rings. The fourth-order valence-electron chi connectivity index (χ4n) is 2.29. The van der Waals surface area contributed by atoms with Crippen molar-refractivity contribution in [2.24, 2.45) is 0 Å². The van der Waals surface area contributed by atoms with Crippen LogP contribution in [0.15, 0.2) is 53.6 Å². The third-order valence-corrected chi connectivity index (χ3v) is 4.34. The van der Waals surface area contributed by atoms with Gasteiger partial charge < -0.3 is 4.74 Å². The van der Waals surface area contributed by atoms with Gasteiger partial charge in [-0.1, -0.05) is 48.2 Å². The molecule has 0 unspecified atom stereocenters. The van der Waals surface area contributed by atoms with Gasteiger partial charge in [0.05, 0.1) is 11.4 Å². The second kappa shape index (κ2) is 6.79. The number of esters is 1. The van der Waals surface area contributed by atoms with E-state index in [0.29, 0.717) is 5.75 Å². The molecule has 116 valence electrons. The Kier molecular flexibility index (Phi) is 4.57.